The fourth-order valence-corrected chi connectivity index (χ4v) is 4.12. The third-order valence-corrected chi connectivity index (χ3v) is 5.34. The average molecular weight is 290 g/mol. The van der Waals surface area contributed by atoms with Crippen LogP contribution in [0.15, 0.2) is 0 Å². The SMILES string of the molecule is Cc1nc(Cl)c(N(C)C2CCS(=O)(=O)C2)nc1C. The van der Waals surface area contributed by atoms with Gasteiger partial charge >= 0.3 is 0 Å². The summed E-state index contributed by atoms with van der Waals surface area (Å²) in [5, 5.41) is 0.324. The van der Waals surface area contributed by atoms with Crippen molar-refractivity contribution >= 4 is 27.3 Å². The third-order valence-electron chi connectivity index (χ3n) is 3.34. The third kappa shape index (κ3) is 2.59. The number of hydrogen-bond donors (Lipinski definition) is 0. The molecule has 18 heavy (non-hydrogen) atoms. The molecule has 0 aliphatic carbocycles. The molecule has 0 aromatic carbocycles. The Morgan fingerprint density at radius 1 is 1.28 bits per heavy atom. The summed E-state index contributed by atoms with van der Waals surface area (Å²) in [6.45, 7) is 3.71. The zero-order chi connectivity index (χ0) is 13.5. The molecule has 5 nitrogen and oxygen atoms in total. The van der Waals surface area contributed by atoms with E-state index in [1.807, 2.05) is 25.8 Å². The van der Waals surface area contributed by atoms with Gasteiger partial charge in [0, 0.05) is 13.1 Å². The number of anilines is 1. The number of halogens is 1. The lowest BCUT2D eigenvalue weighted by Gasteiger charge is -2.25. The minimum Gasteiger partial charge on any atom is -0.353 e. The van der Waals surface area contributed by atoms with Gasteiger partial charge in [-0.15, -0.1) is 0 Å². The normalized spacial score (nSPS) is 22.1. The molecular formula is C11H16ClN3O2S. The van der Waals surface area contributed by atoms with Crippen molar-refractivity contribution in [1.82, 2.24) is 9.97 Å². The summed E-state index contributed by atoms with van der Waals surface area (Å²) < 4.78 is 23.0. The molecule has 1 aromatic rings. The molecule has 1 aliphatic heterocycles. The molecule has 100 valence electrons. The number of rotatable bonds is 2. The first-order valence-corrected chi connectivity index (χ1v) is 7.94. The Morgan fingerprint density at radius 2 is 1.89 bits per heavy atom. The average Bonchev–Trinajstić information content (AvgIpc) is 2.63. The van der Waals surface area contributed by atoms with Crippen LogP contribution in [0.2, 0.25) is 5.15 Å². The molecule has 0 bridgehead atoms. The van der Waals surface area contributed by atoms with Crippen molar-refractivity contribution in [2.24, 2.45) is 0 Å². The summed E-state index contributed by atoms with van der Waals surface area (Å²) in [4.78, 5) is 10.4. The second kappa shape index (κ2) is 4.66. The fraction of sp³-hybridized carbons (Fsp3) is 0.636. The predicted molar refractivity (Wildman–Crippen MR) is 72.0 cm³/mol. The summed E-state index contributed by atoms with van der Waals surface area (Å²) in [5.41, 5.74) is 1.60. The maximum absolute atomic E-state index is 11.5. The smallest absolute Gasteiger partial charge is 0.171 e. The molecule has 7 heteroatoms. The van der Waals surface area contributed by atoms with Crippen LogP contribution in [0.1, 0.15) is 17.8 Å². The molecule has 0 saturated carbocycles. The van der Waals surface area contributed by atoms with Crippen molar-refractivity contribution in [3.05, 3.63) is 16.5 Å². The van der Waals surface area contributed by atoms with Gasteiger partial charge in [0.05, 0.1) is 22.9 Å². The Morgan fingerprint density at radius 3 is 2.44 bits per heavy atom. The van der Waals surface area contributed by atoms with E-state index in [4.69, 9.17) is 11.6 Å². The van der Waals surface area contributed by atoms with Gasteiger partial charge in [-0.2, -0.15) is 0 Å². The fourth-order valence-electron chi connectivity index (χ4n) is 2.04. The predicted octanol–water partition coefficient (Wildman–Crippen LogP) is 1.37. The molecular weight excluding hydrogens is 274 g/mol. The molecule has 2 heterocycles. The Balaban J connectivity index is 2.30. The standard InChI is InChI=1S/C11H16ClN3O2S/c1-7-8(2)14-11(10(12)13-7)15(3)9-4-5-18(16,17)6-9/h9H,4-6H2,1-3H3. The van der Waals surface area contributed by atoms with Gasteiger partial charge in [-0.25, -0.2) is 18.4 Å². The van der Waals surface area contributed by atoms with E-state index in [1.165, 1.54) is 0 Å². The number of aromatic nitrogens is 2. The lowest BCUT2D eigenvalue weighted by molar-refractivity contribution is 0.600. The zero-order valence-corrected chi connectivity index (χ0v) is 12.2. The minimum absolute atomic E-state index is 0.0658. The highest BCUT2D eigenvalue weighted by Gasteiger charge is 2.32. The van der Waals surface area contributed by atoms with E-state index in [0.717, 1.165) is 11.4 Å². The van der Waals surface area contributed by atoms with Crippen molar-refractivity contribution in [3.8, 4) is 0 Å². The van der Waals surface area contributed by atoms with E-state index in [2.05, 4.69) is 9.97 Å². The van der Waals surface area contributed by atoms with Crippen molar-refractivity contribution < 1.29 is 8.42 Å². The zero-order valence-electron chi connectivity index (χ0n) is 10.6. The molecule has 1 atom stereocenters. The second-order valence-corrected chi connectivity index (χ2v) is 7.26. The van der Waals surface area contributed by atoms with Crippen LogP contribution in [0.5, 0.6) is 0 Å². The van der Waals surface area contributed by atoms with Gasteiger partial charge in [0.2, 0.25) is 0 Å². The summed E-state index contributed by atoms with van der Waals surface area (Å²) in [7, 11) is -1.10. The Bertz CT molecular complexity index is 574. The Hall–Kier alpha value is -0.880. The lowest BCUT2D eigenvalue weighted by Crippen LogP contribution is -2.33. The van der Waals surface area contributed by atoms with E-state index in [1.54, 1.807) is 0 Å². The first-order valence-electron chi connectivity index (χ1n) is 5.74. The van der Waals surface area contributed by atoms with E-state index < -0.39 is 9.84 Å². The number of nitrogens with zero attached hydrogens (tertiary/aromatic N) is 3. The highest BCUT2D eigenvalue weighted by molar-refractivity contribution is 7.91. The van der Waals surface area contributed by atoms with Crippen LogP contribution in [0.25, 0.3) is 0 Å². The highest BCUT2D eigenvalue weighted by Crippen LogP contribution is 2.27. The largest absolute Gasteiger partial charge is 0.353 e. The van der Waals surface area contributed by atoms with Gasteiger partial charge in [-0.1, -0.05) is 11.6 Å². The second-order valence-electron chi connectivity index (χ2n) is 4.68. The van der Waals surface area contributed by atoms with Crippen molar-refractivity contribution in [2.75, 3.05) is 23.5 Å². The summed E-state index contributed by atoms with van der Waals surface area (Å²) in [6.07, 6.45) is 0.615. The van der Waals surface area contributed by atoms with Gasteiger partial charge in [0.15, 0.2) is 20.8 Å². The van der Waals surface area contributed by atoms with E-state index in [0.29, 0.717) is 17.4 Å². The molecule has 0 radical (unpaired) electrons. The molecule has 1 fully saturated rings. The quantitative estimate of drug-likeness (QED) is 0.823. The van der Waals surface area contributed by atoms with Crippen LogP contribution in [-0.2, 0) is 9.84 Å². The summed E-state index contributed by atoms with van der Waals surface area (Å²) in [5.74, 6) is 0.952. The monoisotopic (exact) mass is 289 g/mol. The van der Waals surface area contributed by atoms with Crippen molar-refractivity contribution in [2.45, 2.75) is 26.3 Å². The minimum atomic E-state index is -2.91. The molecule has 1 unspecified atom stereocenters. The molecule has 1 aliphatic rings. The van der Waals surface area contributed by atoms with E-state index in [9.17, 15) is 8.42 Å². The van der Waals surface area contributed by atoms with Gasteiger partial charge < -0.3 is 4.90 Å². The molecule has 1 saturated heterocycles. The van der Waals surface area contributed by atoms with Crippen LogP contribution in [0.3, 0.4) is 0 Å². The van der Waals surface area contributed by atoms with Gasteiger partial charge in [-0.3, -0.25) is 0 Å². The first-order chi connectivity index (χ1) is 8.30. The maximum atomic E-state index is 11.5. The van der Waals surface area contributed by atoms with Crippen molar-refractivity contribution in [3.63, 3.8) is 0 Å². The van der Waals surface area contributed by atoms with Crippen LogP contribution in [0, 0.1) is 13.8 Å². The molecule has 1 aromatic heterocycles. The molecule has 0 amide bonds. The number of aryl methyl sites for hydroxylation is 2. The van der Waals surface area contributed by atoms with Gasteiger partial charge in [0.25, 0.3) is 0 Å². The van der Waals surface area contributed by atoms with E-state index >= 15 is 0 Å². The first kappa shape index (κ1) is 13.5. The number of hydrogen-bond acceptors (Lipinski definition) is 5. The lowest BCUT2D eigenvalue weighted by atomic mass is 10.2. The Kier molecular flexibility index (Phi) is 3.51. The molecule has 0 N–H and O–H groups in total. The van der Waals surface area contributed by atoms with Crippen LogP contribution >= 0.6 is 11.6 Å². The van der Waals surface area contributed by atoms with Crippen molar-refractivity contribution in [1.29, 1.82) is 0 Å². The van der Waals surface area contributed by atoms with Crippen LogP contribution in [0.4, 0.5) is 5.82 Å². The molecule has 0 spiro atoms. The summed E-state index contributed by atoms with van der Waals surface area (Å²) in [6, 6.07) is -0.0658. The highest BCUT2D eigenvalue weighted by atomic mass is 35.5. The summed E-state index contributed by atoms with van der Waals surface area (Å²) >= 11 is 6.08. The van der Waals surface area contributed by atoms with Crippen LogP contribution < -0.4 is 4.90 Å². The maximum Gasteiger partial charge on any atom is 0.171 e. The number of sulfone groups is 1. The van der Waals surface area contributed by atoms with Gasteiger partial charge in [-0.05, 0) is 20.3 Å². The molecule has 2 rings (SSSR count). The Labute approximate surface area is 112 Å². The topological polar surface area (TPSA) is 63.2 Å². The van der Waals surface area contributed by atoms with Gasteiger partial charge in [0.1, 0.15) is 0 Å². The van der Waals surface area contributed by atoms with Crippen LogP contribution in [-0.4, -0.2) is 43.0 Å². The van der Waals surface area contributed by atoms with E-state index in [-0.39, 0.29) is 17.5 Å².